The molecule has 11 heteroatoms. The maximum absolute atomic E-state index is 12.8. The number of nitrogens with zero attached hydrogens (tertiary/aromatic N) is 4. The van der Waals surface area contributed by atoms with Crippen LogP contribution in [-0.2, 0) is 6.54 Å². The zero-order chi connectivity index (χ0) is 24.1. The van der Waals surface area contributed by atoms with Crippen LogP contribution in [0.2, 0.25) is 0 Å². The van der Waals surface area contributed by atoms with Gasteiger partial charge < -0.3 is 9.30 Å². The number of halogens is 3. The molecule has 34 heavy (non-hydrogen) atoms. The molecule has 0 bridgehead atoms. The Kier molecular flexibility index (Phi) is 6.73. The number of allylic oxidation sites excluding steroid dienone is 1. The molecule has 4 aromatic rings. The topological polar surface area (TPSA) is 81.9 Å². The minimum Gasteiger partial charge on any atom is -0.404 e. The number of aromatic nitrogens is 4. The summed E-state index contributed by atoms with van der Waals surface area (Å²) in [4.78, 5) is 25.2. The second-order valence-corrected chi connectivity index (χ2v) is 8.02. The number of amides is 1. The minimum absolute atomic E-state index is 0.289. The van der Waals surface area contributed by atoms with E-state index in [-0.39, 0.29) is 5.91 Å². The fourth-order valence-corrected chi connectivity index (χ4v) is 3.78. The molecule has 0 radical (unpaired) electrons. The molecule has 4 rings (SSSR count). The average Bonchev–Trinajstić information content (AvgIpc) is 3.43. The highest BCUT2D eigenvalue weighted by molar-refractivity contribution is 7.14. The van der Waals surface area contributed by atoms with E-state index in [1.165, 1.54) is 23.5 Å². The lowest BCUT2D eigenvalue weighted by Gasteiger charge is -2.09. The number of thiazole rings is 1. The number of rotatable bonds is 7. The Hall–Kier alpha value is -3.99. The van der Waals surface area contributed by atoms with Crippen LogP contribution in [0.1, 0.15) is 34.4 Å². The van der Waals surface area contributed by atoms with Gasteiger partial charge in [-0.05, 0) is 60.5 Å². The molecular weight excluding hydrogens is 467 g/mol. The second kappa shape index (κ2) is 9.87. The van der Waals surface area contributed by atoms with E-state index in [1.54, 1.807) is 42.9 Å². The molecule has 0 saturated carbocycles. The van der Waals surface area contributed by atoms with Gasteiger partial charge in [-0.2, -0.15) is 0 Å². The summed E-state index contributed by atoms with van der Waals surface area (Å²) in [7, 11) is 0. The van der Waals surface area contributed by atoms with Crippen molar-refractivity contribution in [1.29, 1.82) is 0 Å². The first-order valence-corrected chi connectivity index (χ1v) is 10.9. The van der Waals surface area contributed by atoms with Crippen LogP contribution in [0.25, 0.3) is 11.6 Å². The highest BCUT2D eigenvalue weighted by Gasteiger charge is 2.31. The molecule has 0 aliphatic heterocycles. The Labute approximate surface area is 196 Å². The third kappa shape index (κ3) is 6.07. The molecule has 4 heterocycles. The van der Waals surface area contributed by atoms with Crippen LogP contribution in [0.15, 0.2) is 66.6 Å². The minimum atomic E-state index is -4.77. The Morgan fingerprint density at radius 3 is 2.71 bits per heavy atom. The molecule has 4 aromatic heterocycles. The molecule has 0 fully saturated rings. The largest absolute Gasteiger partial charge is 0.573 e. The molecular formula is C23H18F3N5O2S. The van der Waals surface area contributed by atoms with Crippen LogP contribution >= 0.6 is 11.3 Å². The van der Waals surface area contributed by atoms with Crippen molar-refractivity contribution in [3.8, 4) is 5.75 Å². The lowest BCUT2D eigenvalue weighted by atomic mass is 10.1. The standard InChI is InChI=1S/C23H18F3N5O2S/c1-15(19-5-4-18(12-28-19)33-23(24,25)26)11-17-14-34-22(29-17)30-21(32)20-3-2-10-31(20)13-16-6-8-27-9-7-16/h2-12,14H,13H2,1H3,(H,29,30,32)/b15-11+. The quantitative estimate of drug-likeness (QED) is 0.374. The number of nitrogens with one attached hydrogen (secondary N) is 1. The van der Waals surface area contributed by atoms with E-state index >= 15 is 0 Å². The highest BCUT2D eigenvalue weighted by atomic mass is 32.1. The van der Waals surface area contributed by atoms with Crippen molar-refractivity contribution in [2.45, 2.75) is 19.8 Å². The summed E-state index contributed by atoms with van der Waals surface area (Å²) in [5.41, 5.74) is 3.26. The first kappa shape index (κ1) is 23.2. The van der Waals surface area contributed by atoms with Crippen molar-refractivity contribution in [3.63, 3.8) is 0 Å². The molecule has 174 valence electrons. The number of carbonyl (C=O) groups excluding carboxylic acids is 1. The maximum atomic E-state index is 12.8. The van der Waals surface area contributed by atoms with Crippen LogP contribution in [0.5, 0.6) is 5.75 Å². The first-order valence-electron chi connectivity index (χ1n) is 9.98. The summed E-state index contributed by atoms with van der Waals surface area (Å²) >= 11 is 1.26. The first-order chi connectivity index (χ1) is 16.3. The summed E-state index contributed by atoms with van der Waals surface area (Å²) in [6, 6.07) is 9.92. The SMILES string of the molecule is C/C(=C\c1csc(NC(=O)c2cccn2Cc2ccncc2)n1)c1ccc(OC(F)(F)F)cn1. The van der Waals surface area contributed by atoms with Crippen LogP contribution in [0.4, 0.5) is 18.3 Å². The van der Waals surface area contributed by atoms with Crippen molar-refractivity contribution < 1.29 is 22.7 Å². The lowest BCUT2D eigenvalue weighted by Crippen LogP contribution is -2.17. The number of pyridine rings is 2. The Balaban J connectivity index is 1.41. The van der Waals surface area contributed by atoms with Crippen molar-refractivity contribution in [1.82, 2.24) is 19.5 Å². The van der Waals surface area contributed by atoms with Gasteiger partial charge in [0.1, 0.15) is 11.4 Å². The van der Waals surface area contributed by atoms with E-state index in [9.17, 15) is 18.0 Å². The summed E-state index contributed by atoms with van der Waals surface area (Å²) < 4.78 is 42.5. The Morgan fingerprint density at radius 1 is 1.21 bits per heavy atom. The fraction of sp³-hybridized carbons (Fsp3) is 0.130. The van der Waals surface area contributed by atoms with Crippen molar-refractivity contribution in [2.75, 3.05) is 5.32 Å². The van der Waals surface area contributed by atoms with Gasteiger partial charge in [-0.1, -0.05) is 0 Å². The molecule has 0 atom stereocenters. The lowest BCUT2D eigenvalue weighted by molar-refractivity contribution is -0.274. The van der Waals surface area contributed by atoms with Crippen LogP contribution in [0, 0.1) is 0 Å². The molecule has 0 aromatic carbocycles. The maximum Gasteiger partial charge on any atom is 0.573 e. The molecule has 0 aliphatic rings. The molecule has 0 aliphatic carbocycles. The van der Waals surface area contributed by atoms with E-state index in [4.69, 9.17) is 0 Å². The summed E-state index contributed by atoms with van der Waals surface area (Å²) in [6.45, 7) is 2.29. The summed E-state index contributed by atoms with van der Waals surface area (Å²) in [5, 5.41) is 4.98. The molecule has 0 unspecified atom stereocenters. The van der Waals surface area contributed by atoms with Gasteiger partial charge in [-0.25, -0.2) is 4.98 Å². The van der Waals surface area contributed by atoms with E-state index in [2.05, 4.69) is 25.0 Å². The fourth-order valence-electron chi connectivity index (χ4n) is 3.12. The predicted octanol–water partition coefficient (Wildman–Crippen LogP) is 5.49. The molecule has 1 N–H and O–H groups in total. The molecule has 0 saturated heterocycles. The van der Waals surface area contributed by atoms with Crippen LogP contribution in [-0.4, -0.2) is 31.8 Å². The summed E-state index contributed by atoms with van der Waals surface area (Å²) in [6.07, 6.45) is 3.19. The molecule has 7 nitrogen and oxygen atoms in total. The van der Waals surface area contributed by atoms with Gasteiger partial charge in [0.05, 0.1) is 17.6 Å². The monoisotopic (exact) mass is 485 g/mol. The average molecular weight is 485 g/mol. The van der Waals surface area contributed by atoms with Crippen LogP contribution < -0.4 is 10.1 Å². The normalized spacial score (nSPS) is 11.9. The van der Waals surface area contributed by atoms with E-state index < -0.39 is 12.1 Å². The van der Waals surface area contributed by atoms with Gasteiger partial charge in [-0.3, -0.25) is 20.1 Å². The number of carbonyl (C=O) groups is 1. The van der Waals surface area contributed by atoms with Gasteiger partial charge in [0.25, 0.3) is 5.91 Å². The van der Waals surface area contributed by atoms with Crippen molar-refractivity contribution >= 4 is 34.0 Å². The number of alkyl halides is 3. The van der Waals surface area contributed by atoms with E-state index in [1.807, 2.05) is 22.9 Å². The van der Waals surface area contributed by atoms with Crippen LogP contribution in [0.3, 0.4) is 0 Å². The zero-order valence-corrected chi connectivity index (χ0v) is 18.6. The third-order valence-electron chi connectivity index (χ3n) is 4.65. The Bertz CT molecular complexity index is 1300. The summed E-state index contributed by atoms with van der Waals surface area (Å²) in [5.74, 6) is -0.682. The number of hydrogen-bond acceptors (Lipinski definition) is 6. The van der Waals surface area contributed by atoms with Gasteiger partial charge in [0.2, 0.25) is 0 Å². The second-order valence-electron chi connectivity index (χ2n) is 7.16. The number of anilines is 1. The highest BCUT2D eigenvalue weighted by Crippen LogP contribution is 2.25. The van der Waals surface area contributed by atoms with Crippen molar-refractivity contribution in [3.05, 3.63) is 89.2 Å². The van der Waals surface area contributed by atoms with Gasteiger partial charge >= 0.3 is 6.36 Å². The van der Waals surface area contributed by atoms with Gasteiger partial charge in [0.15, 0.2) is 5.13 Å². The smallest absolute Gasteiger partial charge is 0.404 e. The third-order valence-corrected chi connectivity index (χ3v) is 5.42. The predicted molar refractivity (Wildman–Crippen MR) is 122 cm³/mol. The van der Waals surface area contributed by atoms with E-state index in [0.29, 0.717) is 34.3 Å². The van der Waals surface area contributed by atoms with E-state index in [0.717, 1.165) is 11.8 Å². The van der Waals surface area contributed by atoms with Gasteiger partial charge in [0, 0.05) is 30.5 Å². The molecule has 1 amide bonds. The van der Waals surface area contributed by atoms with Crippen molar-refractivity contribution in [2.24, 2.45) is 0 Å². The van der Waals surface area contributed by atoms with Gasteiger partial charge in [-0.15, -0.1) is 24.5 Å². The molecule has 0 spiro atoms. The zero-order valence-electron chi connectivity index (χ0n) is 17.8. The number of hydrogen-bond donors (Lipinski definition) is 1. The number of ether oxygens (including phenoxy) is 1. The Morgan fingerprint density at radius 2 is 2.00 bits per heavy atom.